The van der Waals surface area contributed by atoms with Gasteiger partial charge in [-0.15, -0.1) is 0 Å². The minimum atomic E-state index is -0.549. The molecule has 2 amide bonds. The van der Waals surface area contributed by atoms with Crippen LogP contribution in [0.4, 0.5) is 10.1 Å². The smallest absolute Gasteiger partial charge is 0.244 e. The molecule has 2 N–H and O–H groups in total. The van der Waals surface area contributed by atoms with Crippen molar-refractivity contribution in [2.45, 2.75) is 6.42 Å². The molecular formula is C18H16ClFN2O2. The molecule has 2 aromatic rings. The summed E-state index contributed by atoms with van der Waals surface area (Å²) < 4.78 is 13.0. The van der Waals surface area contributed by atoms with Gasteiger partial charge in [0.2, 0.25) is 11.8 Å². The summed E-state index contributed by atoms with van der Waals surface area (Å²) in [7, 11) is 0. The van der Waals surface area contributed by atoms with Crippen LogP contribution in [0.2, 0.25) is 5.02 Å². The topological polar surface area (TPSA) is 58.2 Å². The van der Waals surface area contributed by atoms with Crippen LogP contribution in [0.25, 0.3) is 6.08 Å². The van der Waals surface area contributed by atoms with E-state index in [0.29, 0.717) is 5.69 Å². The van der Waals surface area contributed by atoms with Crippen molar-refractivity contribution < 1.29 is 14.0 Å². The van der Waals surface area contributed by atoms with Gasteiger partial charge in [0.15, 0.2) is 0 Å². The Morgan fingerprint density at radius 1 is 1.12 bits per heavy atom. The largest absolute Gasteiger partial charge is 0.352 e. The van der Waals surface area contributed by atoms with E-state index in [1.165, 1.54) is 24.3 Å². The Labute approximate surface area is 144 Å². The van der Waals surface area contributed by atoms with Gasteiger partial charge in [-0.1, -0.05) is 41.9 Å². The Morgan fingerprint density at radius 3 is 2.58 bits per heavy atom. The zero-order valence-corrected chi connectivity index (χ0v) is 13.5. The van der Waals surface area contributed by atoms with Gasteiger partial charge in [0.05, 0.1) is 5.02 Å². The van der Waals surface area contributed by atoms with Crippen LogP contribution in [0.1, 0.15) is 12.0 Å². The normalized spacial score (nSPS) is 10.6. The monoisotopic (exact) mass is 346 g/mol. The van der Waals surface area contributed by atoms with Crippen LogP contribution in [-0.4, -0.2) is 18.4 Å². The second-order valence-electron chi connectivity index (χ2n) is 4.96. The third-order valence-electron chi connectivity index (χ3n) is 3.08. The first kappa shape index (κ1) is 17.7. The molecule has 0 bridgehead atoms. The van der Waals surface area contributed by atoms with E-state index < -0.39 is 5.82 Å². The van der Waals surface area contributed by atoms with Crippen molar-refractivity contribution in [3.8, 4) is 0 Å². The number of amides is 2. The SMILES string of the molecule is O=C(/C=C/c1ccccc1)NCCC(=O)Nc1ccc(F)c(Cl)c1. The maximum atomic E-state index is 13.0. The number of hydrogen-bond acceptors (Lipinski definition) is 2. The highest BCUT2D eigenvalue weighted by molar-refractivity contribution is 6.31. The second-order valence-corrected chi connectivity index (χ2v) is 5.37. The van der Waals surface area contributed by atoms with Crippen LogP contribution in [-0.2, 0) is 9.59 Å². The van der Waals surface area contributed by atoms with E-state index >= 15 is 0 Å². The first-order valence-corrected chi connectivity index (χ1v) is 7.68. The van der Waals surface area contributed by atoms with Crippen molar-refractivity contribution in [1.29, 1.82) is 0 Å². The third kappa shape index (κ3) is 5.85. The van der Waals surface area contributed by atoms with E-state index in [0.717, 1.165) is 5.56 Å². The van der Waals surface area contributed by atoms with Crippen molar-refractivity contribution in [3.63, 3.8) is 0 Å². The van der Waals surface area contributed by atoms with Gasteiger partial charge in [0, 0.05) is 24.7 Å². The summed E-state index contributed by atoms with van der Waals surface area (Å²) in [6.07, 6.45) is 3.20. The average Bonchev–Trinajstić information content (AvgIpc) is 2.57. The molecule has 0 fully saturated rings. The number of nitrogens with one attached hydrogen (secondary N) is 2. The summed E-state index contributed by atoms with van der Waals surface area (Å²) in [6.45, 7) is 0.193. The zero-order valence-electron chi connectivity index (χ0n) is 12.8. The lowest BCUT2D eigenvalue weighted by Crippen LogP contribution is -2.26. The van der Waals surface area contributed by atoms with Gasteiger partial charge in [-0.05, 0) is 29.8 Å². The van der Waals surface area contributed by atoms with Crippen LogP contribution < -0.4 is 10.6 Å². The lowest BCUT2D eigenvalue weighted by atomic mass is 10.2. The van der Waals surface area contributed by atoms with E-state index in [1.54, 1.807) is 6.08 Å². The Morgan fingerprint density at radius 2 is 1.88 bits per heavy atom. The molecule has 0 aliphatic carbocycles. The molecule has 0 radical (unpaired) electrons. The van der Waals surface area contributed by atoms with E-state index in [9.17, 15) is 14.0 Å². The van der Waals surface area contributed by atoms with Crippen LogP contribution in [0.3, 0.4) is 0 Å². The number of rotatable bonds is 6. The maximum absolute atomic E-state index is 13.0. The molecule has 2 aromatic carbocycles. The molecule has 0 aliphatic rings. The fraction of sp³-hybridized carbons (Fsp3) is 0.111. The standard InChI is InChI=1S/C18H16ClFN2O2/c19-15-12-14(7-8-16(15)20)22-18(24)10-11-21-17(23)9-6-13-4-2-1-3-5-13/h1-9,12H,10-11H2,(H,21,23)(H,22,24)/b9-6+. The average molecular weight is 347 g/mol. The molecule has 0 saturated heterocycles. The summed E-state index contributed by atoms with van der Waals surface area (Å²) in [4.78, 5) is 23.4. The minimum absolute atomic E-state index is 0.0628. The Bertz CT molecular complexity index is 748. The summed E-state index contributed by atoms with van der Waals surface area (Å²) >= 11 is 5.64. The van der Waals surface area contributed by atoms with E-state index in [-0.39, 0.29) is 29.8 Å². The van der Waals surface area contributed by atoms with Crippen LogP contribution in [0.5, 0.6) is 0 Å². The molecule has 0 unspecified atom stereocenters. The maximum Gasteiger partial charge on any atom is 0.244 e. The lowest BCUT2D eigenvalue weighted by Gasteiger charge is -2.06. The van der Waals surface area contributed by atoms with Crippen molar-refractivity contribution >= 4 is 35.2 Å². The summed E-state index contributed by atoms with van der Waals surface area (Å²) in [6, 6.07) is 13.3. The molecule has 0 spiro atoms. The Hall–Kier alpha value is -2.66. The molecule has 6 heteroatoms. The molecule has 4 nitrogen and oxygen atoms in total. The molecule has 2 rings (SSSR count). The van der Waals surface area contributed by atoms with Gasteiger partial charge in [-0.25, -0.2) is 4.39 Å². The van der Waals surface area contributed by atoms with E-state index in [4.69, 9.17) is 11.6 Å². The van der Waals surface area contributed by atoms with Crippen molar-refractivity contribution in [2.75, 3.05) is 11.9 Å². The lowest BCUT2D eigenvalue weighted by molar-refractivity contribution is -0.117. The summed E-state index contributed by atoms with van der Waals surface area (Å²) in [5.41, 5.74) is 1.32. The Balaban J connectivity index is 1.73. The van der Waals surface area contributed by atoms with Gasteiger partial charge in [0.1, 0.15) is 5.82 Å². The first-order chi connectivity index (χ1) is 11.5. The third-order valence-corrected chi connectivity index (χ3v) is 3.37. The molecular weight excluding hydrogens is 331 g/mol. The number of carbonyl (C=O) groups is 2. The van der Waals surface area contributed by atoms with Crippen LogP contribution in [0, 0.1) is 5.82 Å². The predicted octanol–water partition coefficient (Wildman–Crippen LogP) is 3.64. The van der Waals surface area contributed by atoms with Gasteiger partial charge >= 0.3 is 0 Å². The number of hydrogen-bond donors (Lipinski definition) is 2. The Kier molecular flexibility index (Phi) is 6.51. The number of carbonyl (C=O) groups excluding carboxylic acids is 2. The predicted molar refractivity (Wildman–Crippen MR) is 93.1 cm³/mol. The summed E-state index contributed by atoms with van der Waals surface area (Å²) in [5, 5.41) is 5.14. The highest BCUT2D eigenvalue weighted by Crippen LogP contribution is 2.19. The van der Waals surface area contributed by atoms with Crippen LogP contribution in [0.15, 0.2) is 54.6 Å². The first-order valence-electron chi connectivity index (χ1n) is 7.30. The summed E-state index contributed by atoms with van der Waals surface area (Å²) in [5.74, 6) is -1.13. The fourth-order valence-corrected chi connectivity index (χ4v) is 2.07. The number of halogens is 2. The molecule has 0 atom stereocenters. The van der Waals surface area contributed by atoms with E-state index in [1.807, 2.05) is 30.3 Å². The van der Waals surface area contributed by atoms with Crippen molar-refractivity contribution in [2.24, 2.45) is 0 Å². The second kappa shape index (κ2) is 8.84. The van der Waals surface area contributed by atoms with E-state index in [2.05, 4.69) is 10.6 Å². The van der Waals surface area contributed by atoms with Gasteiger partial charge in [0.25, 0.3) is 0 Å². The van der Waals surface area contributed by atoms with Crippen molar-refractivity contribution in [3.05, 3.63) is 71.0 Å². The number of anilines is 1. The van der Waals surface area contributed by atoms with Gasteiger partial charge < -0.3 is 10.6 Å². The minimum Gasteiger partial charge on any atom is -0.352 e. The van der Waals surface area contributed by atoms with Crippen molar-refractivity contribution in [1.82, 2.24) is 5.32 Å². The van der Waals surface area contributed by atoms with Gasteiger partial charge in [-0.3, -0.25) is 9.59 Å². The van der Waals surface area contributed by atoms with Crippen LogP contribution >= 0.6 is 11.6 Å². The zero-order chi connectivity index (χ0) is 17.4. The highest BCUT2D eigenvalue weighted by Gasteiger charge is 2.05. The molecule has 0 heterocycles. The number of benzene rings is 2. The molecule has 24 heavy (non-hydrogen) atoms. The quantitative estimate of drug-likeness (QED) is 0.785. The molecule has 124 valence electrons. The van der Waals surface area contributed by atoms with Gasteiger partial charge in [-0.2, -0.15) is 0 Å². The molecule has 0 aromatic heterocycles. The molecule has 0 aliphatic heterocycles. The fourth-order valence-electron chi connectivity index (χ4n) is 1.89. The molecule has 0 saturated carbocycles. The highest BCUT2D eigenvalue weighted by atomic mass is 35.5.